The first-order chi connectivity index (χ1) is 17.4. The number of ether oxygens (including phenoxy) is 1. The fraction of sp³-hybridized carbons (Fsp3) is 0.667. The van der Waals surface area contributed by atoms with Gasteiger partial charge in [0.25, 0.3) is 0 Å². The van der Waals surface area contributed by atoms with Gasteiger partial charge in [-0.05, 0) is 72.4 Å². The van der Waals surface area contributed by atoms with E-state index < -0.39 is 23.8 Å². The number of carbonyl (C=O) groups is 2. The molecular weight excluding hydrogens is 474 g/mol. The van der Waals surface area contributed by atoms with Crippen molar-refractivity contribution in [3.05, 3.63) is 34.7 Å². The van der Waals surface area contributed by atoms with Gasteiger partial charge in [0.2, 0.25) is 0 Å². The van der Waals surface area contributed by atoms with Crippen LogP contribution in [0.5, 0.6) is 0 Å². The van der Waals surface area contributed by atoms with Crippen LogP contribution in [0.15, 0.2) is 29.1 Å². The standard InChI is InChI=1S/C27H41N5O5/c1-17(2)31-22-9-7-8-10-23(22)32(25(31)35)24(34)28-18-13-19-11-12-20(14-18)30(19)16-21(33)15-29(6)26(36)37-27(3,4)5/h7-10,17-21,33H,11-16H2,1-6H3,(H,28,34)/t18-,19+,20-,21-/m0/s1. The van der Waals surface area contributed by atoms with Gasteiger partial charge < -0.3 is 20.1 Å². The molecule has 4 rings (SSSR count). The Labute approximate surface area is 218 Å². The highest BCUT2D eigenvalue weighted by atomic mass is 16.6. The number of hydrogen-bond donors (Lipinski definition) is 2. The van der Waals surface area contributed by atoms with Crippen LogP contribution in [-0.2, 0) is 4.74 Å². The van der Waals surface area contributed by atoms with E-state index in [1.165, 1.54) is 9.47 Å². The third kappa shape index (κ3) is 5.85. The summed E-state index contributed by atoms with van der Waals surface area (Å²) in [6.45, 7) is 9.96. The largest absolute Gasteiger partial charge is 0.444 e. The van der Waals surface area contributed by atoms with Crippen molar-refractivity contribution in [3.8, 4) is 0 Å². The highest BCUT2D eigenvalue weighted by Crippen LogP contribution is 2.36. The van der Waals surface area contributed by atoms with Crippen molar-refractivity contribution in [2.24, 2.45) is 0 Å². The molecule has 1 aromatic carbocycles. The number of imidazole rings is 1. The van der Waals surface area contributed by atoms with E-state index in [0.717, 1.165) is 31.2 Å². The molecule has 3 heterocycles. The van der Waals surface area contributed by atoms with E-state index in [-0.39, 0.29) is 36.4 Å². The lowest BCUT2D eigenvalue weighted by Gasteiger charge is -2.40. The van der Waals surface area contributed by atoms with Crippen LogP contribution in [-0.4, -0.2) is 86.1 Å². The van der Waals surface area contributed by atoms with E-state index in [1.807, 2.05) is 52.8 Å². The van der Waals surface area contributed by atoms with Gasteiger partial charge in [0.1, 0.15) is 5.60 Å². The van der Waals surface area contributed by atoms with Gasteiger partial charge in [0, 0.05) is 37.8 Å². The number of likely N-dealkylation sites (N-methyl/N-ethyl adjacent to an activating group) is 1. The Morgan fingerprint density at radius 1 is 1.14 bits per heavy atom. The molecule has 0 spiro atoms. The van der Waals surface area contributed by atoms with Crippen LogP contribution < -0.4 is 11.0 Å². The number of aliphatic hydroxyl groups is 1. The fourth-order valence-electron chi connectivity index (χ4n) is 5.83. The zero-order chi connectivity index (χ0) is 27.1. The Morgan fingerprint density at radius 3 is 2.30 bits per heavy atom. The maximum atomic E-state index is 13.3. The highest BCUT2D eigenvalue weighted by molar-refractivity contribution is 5.89. The second-order valence-electron chi connectivity index (χ2n) is 11.8. The van der Waals surface area contributed by atoms with Gasteiger partial charge in [-0.25, -0.2) is 19.0 Å². The summed E-state index contributed by atoms with van der Waals surface area (Å²) in [5, 5.41) is 13.8. The Kier molecular flexibility index (Phi) is 7.71. The number of piperidine rings is 1. The summed E-state index contributed by atoms with van der Waals surface area (Å²) >= 11 is 0. The SMILES string of the molecule is CC(C)n1c(=O)n(C(=O)N[C@H]2C[C@H]3CC[C@@H](C2)N3C[C@@H](O)CN(C)C(=O)OC(C)(C)C)c2ccccc21. The molecule has 2 aliphatic heterocycles. The van der Waals surface area contributed by atoms with Gasteiger partial charge in [-0.1, -0.05) is 12.1 Å². The van der Waals surface area contributed by atoms with E-state index >= 15 is 0 Å². The van der Waals surface area contributed by atoms with Gasteiger partial charge in [0.05, 0.1) is 23.7 Å². The molecular formula is C27H41N5O5. The number of amides is 2. The molecule has 4 atom stereocenters. The van der Waals surface area contributed by atoms with Crippen LogP contribution >= 0.6 is 0 Å². The van der Waals surface area contributed by atoms with E-state index in [1.54, 1.807) is 17.7 Å². The van der Waals surface area contributed by atoms with Crippen molar-refractivity contribution in [1.29, 1.82) is 0 Å². The molecule has 2 aliphatic rings. The van der Waals surface area contributed by atoms with Gasteiger partial charge in [-0.15, -0.1) is 0 Å². The minimum absolute atomic E-state index is 0.0455. The third-order valence-corrected chi connectivity index (χ3v) is 7.32. The molecule has 10 nitrogen and oxygen atoms in total. The topological polar surface area (TPSA) is 109 Å². The number of para-hydroxylation sites is 2. The minimum atomic E-state index is -0.701. The molecule has 2 amide bonds. The average Bonchev–Trinajstić information content (AvgIpc) is 3.20. The molecule has 2 N–H and O–H groups in total. The van der Waals surface area contributed by atoms with E-state index in [4.69, 9.17) is 4.74 Å². The second kappa shape index (κ2) is 10.5. The first-order valence-corrected chi connectivity index (χ1v) is 13.3. The number of benzene rings is 1. The second-order valence-corrected chi connectivity index (χ2v) is 11.8. The lowest BCUT2D eigenvalue weighted by molar-refractivity contribution is 0.00932. The molecule has 2 fully saturated rings. The zero-order valence-corrected chi connectivity index (χ0v) is 22.8. The van der Waals surface area contributed by atoms with Gasteiger partial charge in [-0.2, -0.15) is 0 Å². The average molecular weight is 516 g/mol. The molecule has 2 saturated heterocycles. The zero-order valence-electron chi connectivity index (χ0n) is 22.8. The van der Waals surface area contributed by atoms with Crippen molar-refractivity contribution in [2.75, 3.05) is 20.1 Å². The summed E-state index contributed by atoms with van der Waals surface area (Å²) in [6.07, 6.45) is 2.36. The lowest BCUT2D eigenvalue weighted by Crippen LogP contribution is -2.54. The summed E-state index contributed by atoms with van der Waals surface area (Å²) in [5.41, 5.74) is 0.442. The molecule has 2 aromatic rings. The van der Waals surface area contributed by atoms with Crippen molar-refractivity contribution in [1.82, 2.24) is 24.3 Å². The molecule has 1 aromatic heterocycles. The summed E-state index contributed by atoms with van der Waals surface area (Å²) in [4.78, 5) is 42.4. The molecule has 0 radical (unpaired) electrons. The van der Waals surface area contributed by atoms with Crippen LogP contribution in [0.2, 0.25) is 0 Å². The maximum absolute atomic E-state index is 13.3. The Morgan fingerprint density at radius 2 is 1.73 bits per heavy atom. The van der Waals surface area contributed by atoms with Crippen LogP contribution in [0.1, 0.15) is 66.3 Å². The van der Waals surface area contributed by atoms with Crippen LogP contribution in [0.4, 0.5) is 9.59 Å². The molecule has 0 unspecified atom stereocenters. The monoisotopic (exact) mass is 515 g/mol. The number of hydrogen-bond acceptors (Lipinski definition) is 6. The van der Waals surface area contributed by atoms with Crippen molar-refractivity contribution in [2.45, 2.75) is 96.2 Å². The summed E-state index contributed by atoms with van der Waals surface area (Å²) < 4.78 is 8.28. The number of nitrogens with zero attached hydrogens (tertiary/aromatic N) is 4. The van der Waals surface area contributed by atoms with Crippen molar-refractivity contribution in [3.63, 3.8) is 0 Å². The highest BCUT2D eigenvalue weighted by Gasteiger charge is 2.42. The van der Waals surface area contributed by atoms with Crippen molar-refractivity contribution < 1.29 is 19.4 Å². The van der Waals surface area contributed by atoms with Crippen LogP contribution in [0.25, 0.3) is 11.0 Å². The molecule has 2 bridgehead atoms. The Bertz CT molecular complexity index is 1180. The quantitative estimate of drug-likeness (QED) is 0.612. The lowest BCUT2D eigenvalue weighted by atomic mass is 9.97. The molecule has 0 saturated carbocycles. The van der Waals surface area contributed by atoms with E-state index in [9.17, 15) is 19.5 Å². The number of nitrogens with one attached hydrogen (secondary N) is 1. The van der Waals surface area contributed by atoms with E-state index in [2.05, 4.69) is 10.2 Å². The van der Waals surface area contributed by atoms with Crippen LogP contribution in [0, 0.1) is 0 Å². The predicted octanol–water partition coefficient (Wildman–Crippen LogP) is 3.16. The molecule has 204 valence electrons. The Balaban J connectivity index is 1.38. The molecule has 10 heteroatoms. The normalized spacial score (nSPS) is 22.9. The predicted molar refractivity (Wildman–Crippen MR) is 142 cm³/mol. The number of rotatable bonds is 6. The van der Waals surface area contributed by atoms with E-state index in [0.29, 0.717) is 12.1 Å². The summed E-state index contributed by atoms with van der Waals surface area (Å²) in [7, 11) is 1.63. The number of aliphatic hydroxyl groups excluding tert-OH is 1. The maximum Gasteiger partial charge on any atom is 0.410 e. The third-order valence-electron chi connectivity index (χ3n) is 7.32. The van der Waals surface area contributed by atoms with Gasteiger partial charge in [0.15, 0.2) is 0 Å². The van der Waals surface area contributed by atoms with Crippen molar-refractivity contribution >= 4 is 23.2 Å². The fourth-order valence-corrected chi connectivity index (χ4v) is 5.83. The number of aromatic nitrogens is 2. The molecule has 37 heavy (non-hydrogen) atoms. The summed E-state index contributed by atoms with van der Waals surface area (Å²) in [5.74, 6) is 0. The Hall–Kier alpha value is -2.85. The van der Waals surface area contributed by atoms with Gasteiger partial charge >= 0.3 is 17.8 Å². The smallest absolute Gasteiger partial charge is 0.410 e. The first-order valence-electron chi connectivity index (χ1n) is 13.3. The number of carbonyl (C=O) groups excluding carboxylic acids is 2. The van der Waals surface area contributed by atoms with Gasteiger partial charge in [-0.3, -0.25) is 9.47 Å². The first kappa shape index (κ1) is 27.2. The summed E-state index contributed by atoms with van der Waals surface area (Å²) in [6, 6.07) is 7.34. The molecule has 0 aliphatic carbocycles. The van der Waals surface area contributed by atoms with Crippen LogP contribution in [0.3, 0.4) is 0 Å². The minimum Gasteiger partial charge on any atom is -0.444 e. The number of fused-ring (bicyclic) bond motifs is 3.